The van der Waals surface area contributed by atoms with E-state index in [9.17, 15) is 4.79 Å². The number of rotatable bonds is 6. The molecule has 32 heavy (non-hydrogen) atoms. The fourth-order valence-electron chi connectivity index (χ4n) is 5.51. The van der Waals surface area contributed by atoms with Crippen LogP contribution in [0.3, 0.4) is 0 Å². The molecular weight excluding hydrogens is 396 g/mol. The van der Waals surface area contributed by atoms with Crippen molar-refractivity contribution in [2.75, 3.05) is 19.7 Å². The summed E-state index contributed by atoms with van der Waals surface area (Å²) in [5, 5.41) is 0. The van der Waals surface area contributed by atoms with E-state index in [2.05, 4.69) is 65.7 Å². The van der Waals surface area contributed by atoms with Crippen LogP contribution in [0, 0.1) is 5.92 Å². The van der Waals surface area contributed by atoms with Crippen LogP contribution in [0.5, 0.6) is 5.75 Å². The molecule has 164 valence electrons. The smallest absolute Gasteiger partial charge is 0.232 e. The lowest BCUT2D eigenvalue weighted by atomic mass is 9.63. The van der Waals surface area contributed by atoms with Crippen LogP contribution in [0.4, 0.5) is 0 Å². The third-order valence-electron chi connectivity index (χ3n) is 7.09. The fourth-order valence-corrected chi connectivity index (χ4v) is 5.51. The first-order valence-corrected chi connectivity index (χ1v) is 11.6. The van der Waals surface area contributed by atoms with Crippen molar-refractivity contribution in [3.63, 3.8) is 0 Å². The zero-order valence-electron chi connectivity index (χ0n) is 18.4. The molecule has 2 aromatic rings. The minimum Gasteiger partial charge on any atom is -0.493 e. The zero-order chi connectivity index (χ0) is 22.0. The van der Waals surface area contributed by atoms with Crippen LogP contribution in [0.2, 0.25) is 0 Å². The van der Waals surface area contributed by atoms with Crippen LogP contribution in [0.25, 0.3) is 6.08 Å². The molecular formula is C28H30N2O2. The van der Waals surface area contributed by atoms with Crippen molar-refractivity contribution in [2.24, 2.45) is 11.7 Å². The molecule has 5 rings (SSSR count). The Hall–Kier alpha value is -3.27. The van der Waals surface area contributed by atoms with Crippen molar-refractivity contribution >= 4 is 12.0 Å². The third-order valence-corrected chi connectivity index (χ3v) is 7.09. The summed E-state index contributed by atoms with van der Waals surface area (Å²) < 4.78 is 5.62. The van der Waals surface area contributed by atoms with Gasteiger partial charge in [-0.25, -0.2) is 0 Å². The molecule has 0 radical (unpaired) electrons. The number of amides is 1. The predicted octanol–water partition coefficient (Wildman–Crippen LogP) is 4.61. The highest BCUT2D eigenvalue weighted by Gasteiger charge is 2.50. The lowest BCUT2D eigenvalue weighted by molar-refractivity contribution is -0.123. The third kappa shape index (κ3) is 3.64. The van der Waals surface area contributed by atoms with Gasteiger partial charge in [-0.05, 0) is 65.9 Å². The van der Waals surface area contributed by atoms with Crippen LogP contribution in [0.15, 0.2) is 78.5 Å². The minimum absolute atomic E-state index is 0.120. The van der Waals surface area contributed by atoms with Gasteiger partial charge in [0.15, 0.2) is 0 Å². The molecule has 0 bridgehead atoms. The Morgan fingerprint density at radius 3 is 2.81 bits per heavy atom. The predicted molar refractivity (Wildman–Crippen MR) is 128 cm³/mol. The number of primary amides is 1. The van der Waals surface area contributed by atoms with Crippen molar-refractivity contribution < 1.29 is 9.53 Å². The largest absolute Gasteiger partial charge is 0.493 e. The second kappa shape index (κ2) is 8.70. The minimum atomic E-state index is -0.800. The van der Waals surface area contributed by atoms with E-state index in [1.54, 1.807) is 0 Å². The van der Waals surface area contributed by atoms with Crippen molar-refractivity contribution in [2.45, 2.75) is 31.1 Å². The van der Waals surface area contributed by atoms with Gasteiger partial charge in [-0.3, -0.25) is 4.79 Å². The van der Waals surface area contributed by atoms with Gasteiger partial charge >= 0.3 is 0 Å². The van der Waals surface area contributed by atoms with Gasteiger partial charge in [-0.15, -0.1) is 0 Å². The number of carbonyl (C=O) groups excluding carboxylic acids is 1. The molecule has 1 amide bonds. The van der Waals surface area contributed by atoms with Gasteiger partial charge in [0, 0.05) is 25.4 Å². The van der Waals surface area contributed by atoms with Crippen molar-refractivity contribution in [1.82, 2.24) is 4.90 Å². The summed E-state index contributed by atoms with van der Waals surface area (Å²) in [6, 6.07) is 16.5. The van der Waals surface area contributed by atoms with E-state index in [4.69, 9.17) is 10.5 Å². The average molecular weight is 427 g/mol. The topological polar surface area (TPSA) is 55.6 Å². The molecule has 2 atom stereocenters. The van der Waals surface area contributed by atoms with Gasteiger partial charge < -0.3 is 15.4 Å². The number of ether oxygens (including phenoxy) is 1. The number of likely N-dealkylation sites (tertiary alicyclic amines) is 1. The molecule has 1 saturated heterocycles. The first-order valence-electron chi connectivity index (χ1n) is 11.6. The Labute approximate surface area is 190 Å². The summed E-state index contributed by atoms with van der Waals surface area (Å²) in [6.07, 6.45) is 14.7. The molecule has 0 aromatic heterocycles. The number of carbonyl (C=O) groups is 1. The quantitative estimate of drug-likeness (QED) is 0.734. The van der Waals surface area contributed by atoms with E-state index < -0.39 is 5.41 Å². The molecule has 2 N–H and O–H groups in total. The van der Waals surface area contributed by atoms with E-state index in [-0.39, 0.29) is 11.8 Å². The molecule has 3 aliphatic rings. The lowest BCUT2D eigenvalue weighted by Crippen LogP contribution is -2.49. The number of fused-ring (bicyclic) bond motifs is 1. The number of allylic oxidation sites excluding steroid dienone is 3. The summed E-state index contributed by atoms with van der Waals surface area (Å²) in [7, 11) is 0. The van der Waals surface area contributed by atoms with E-state index in [0.717, 1.165) is 62.3 Å². The van der Waals surface area contributed by atoms with Gasteiger partial charge in [0.25, 0.3) is 0 Å². The Morgan fingerprint density at radius 2 is 2.03 bits per heavy atom. The first-order chi connectivity index (χ1) is 15.7. The Balaban J connectivity index is 1.43. The van der Waals surface area contributed by atoms with Crippen LogP contribution >= 0.6 is 0 Å². The summed E-state index contributed by atoms with van der Waals surface area (Å²) in [5.74, 6) is 0.872. The first kappa shape index (κ1) is 20.6. The molecule has 0 saturated carbocycles. The number of nitrogens with zero attached hydrogens (tertiary/aromatic N) is 1. The molecule has 1 aliphatic carbocycles. The van der Waals surface area contributed by atoms with E-state index >= 15 is 0 Å². The van der Waals surface area contributed by atoms with Gasteiger partial charge in [-0.1, -0.05) is 54.6 Å². The highest BCUT2D eigenvalue weighted by molar-refractivity contribution is 5.92. The standard InChI is InChI=1S/C28H30N2O2/c29-27(31)28(23-7-3-1-4-8-23,24-9-5-2-6-10-24)25-14-17-30(20-25)16-13-21-11-12-26-22(19-21)15-18-32-26/h1,3-5,7-13,16,19,25H,2,6,14-15,17-18,20H2,(H2,29,31)/b16-13+/t25-,28?/m1/s1. The van der Waals surface area contributed by atoms with Gasteiger partial charge in [0.05, 0.1) is 6.61 Å². The average Bonchev–Trinajstić information content (AvgIpc) is 3.49. The van der Waals surface area contributed by atoms with Gasteiger partial charge in [-0.2, -0.15) is 0 Å². The molecule has 1 fully saturated rings. The number of hydrogen-bond acceptors (Lipinski definition) is 3. The molecule has 2 aliphatic heterocycles. The fraction of sp³-hybridized carbons (Fsp3) is 0.321. The molecule has 2 aromatic carbocycles. The van der Waals surface area contributed by atoms with Gasteiger partial charge in [0.2, 0.25) is 5.91 Å². The summed E-state index contributed by atoms with van der Waals surface area (Å²) >= 11 is 0. The summed E-state index contributed by atoms with van der Waals surface area (Å²) in [4.78, 5) is 15.5. The van der Waals surface area contributed by atoms with Crippen molar-refractivity contribution in [1.29, 1.82) is 0 Å². The lowest BCUT2D eigenvalue weighted by Gasteiger charge is -2.39. The Kier molecular flexibility index (Phi) is 5.60. The van der Waals surface area contributed by atoms with Crippen LogP contribution in [0.1, 0.15) is 36.0 Å². The molecule has 1 unspecified atom stereocenters. The van der Waals surface area contributed by atoms with Crippen LogP contribution in [-0.2, 0) is 16.6 Å². The zero-order valence-corrected chi connectivity index (χ0v) is 18.4. The van der Waals surface area contributed by atoms with Crippen molar-refractivity contribution in [3.8, 4) is 5.75 Å². The number of benzene rings is 2. The van der Waals surface area contributed by atoms with Crippen molar-refractivity contribution in [3.05, 3.63) is 95.2 Å². The Bertz CT molecular complexity index is 1090. The monoisotopic (exact) mass is 426 g/mol. The molecule has 4 nitrogen and oxygen atoms in total. The summed E-state index contributed by atoms with van der Waals surface area (Å²) in [5.41, 5.74) is 9.92. The van der Waals surface area contributed by atoms with Crippen LogP contribution in [-0.4, -0.2) is 30.5 Å². The molecule has 0 spiro atoms. The maximum atomic E-state index is 13.2. The maximum absolute atomic E-state index is 13.2. The van der Waals surface area contributed by atoms with E-state index in [0.29, 0.717) is 0 Å². The normalized spacial score (nSPS) is 21.8. The van der Waals surface area contributed by atoms with E-state index in [1.807, 2.05) is 18.2 Å². The summed E-state index contributed by atoms with van der Waals surface area (Å²) in [6.45, 7) is 2.48. The second-order valence-corrected chi connectivity index (χ2v) is 8.94. The molecule has 2 heterocycles. The SMILES string of the molecule is NC(=O)C(C1=CCCC=C1)(c1ccccc1)[C@@H]1CCN(/C=C/c2ccc3c(c2)CCO3)C1. The number of hydrogen-bond donors (Lipinski definition) is 1. The maximum Gasteiger partial charge on any atom is 0.232 e. The number of nitrogens with two attached hydrogens (primary N) is 1. The molecule has 4 heteroatoms. The highest BCUT2D eigenvalue weighted by Crippen LogP contribution is 2.45. The second-order valence-electron chi connectivity index (χ2n) is 8.94. The van der Waals surface area contributed by atoms with Crippen LogP contribution < -0.4 is 10.5 Å². The Morgan fingerprint density at radius 1 is 1.16 bits per heavy atom. The highest BCUT2D eigenvalue weighted by atomic mass is 16.5. The van der Waals surface area contributed by atoms with Gasteiger partial charge in [0.1, 0.15) is 11.2 Å². The van der Waals surface area contributed by atoms with E-state index in [1.165, 1.54) is 11.1 Å².